The van der Waals surface area contributed by atoms with Crippen LogP contribution in [0.25, 0.3) is 0 Å². The Morgan fingerprint density at radius 3 is 2.36 bits per heavy atom. The topological polar surface area (TPSA) is 120 Å². The predicted octanol–water partition coefficient (Wildman–Crippen LogP) is 4.70. The number of aliphatic imine (C=N–C) groups is 1. The first-order valence-corrected chi connectivity index (χ1v) is 12.8. The Hall–Kier alpha value is -3.08. The van der Waals surface area contributed by atoms with E-state index < -0.39 is 37.0 Å². The van der Waals surface area contributed by atoms with Crippen molar-refractivity contribution < 1.29 is 31.2 Å². The van der Waals surface area contributed by atoms with E-state index in [1.165, 1.54) is 12.1 Å². The minimum absolute atomic E-state index is 0.0155. The van der Waals surface area contributed by atoms with Crippen molar-refractivity contribution >= 4 is 27.7 Å². The summed E-state index contributed by atoms with van der Waals surface area (Å²) in [6.07, 6.45) is 0.145. The number of rotatable bonds is 4. The highest BCUT2D eigenvalue weighted by atomic mass is 32.2. The highest BCUT2D eigenvalue weighted by Gasteiger charge is 2.67. The summed E-state index contributed by atoms with van der Waals surface area (Å²) >= 11 is 0. The fourth-order valence-corrected chi connectivity index (χ4v) is 8.04. The lowest BCUT2D eigenvalue weighted by molar-refractivity contribution is 0.0987. The van der Waals surface area contributed by atoms with Gasteiger partial charge >= 0.3 is 6.29 Å². The summed E-state index contributed by atoms with van der Waals surface area (Å²) in [7, 11) is -3.77. The Kier molecular flexibility index (Phi) is 7.20. The zero-order valence-electron chi connectivity index (χ0n) is 20.4. The van der Waals surface area contributed by atoms with Gasteiger partial charge in [0.2, 0.25) is 0 Å². The van der Waals surface area contributed by atoms with Gasteiger partial charge in [0.1, 0.15) is 27.6 Å². The molecule has 2 N–H and O–H groups in total. The highest BCUT2D eigenvalue weighted by molar-refractivity contribution is 7.95. The summed E-state index contributed by atoms with van der Waals surface area (Å²) in [5, 5.41) is 0. The van der Waals surface area contributed by atoms with Crippen LogP contribution in [0.15, 0.2) is 41.5 Å². The van der Waals surface area contributed by atoms with E-state index in [1.807, 2.05) is 13.0 Å². The quantitative estimate of drug-likeness (QED) is 0.458. The van der Waals surface area contributed by atoms with Gasteiger partial charge in [-0.05, 0) is 76.3 Å². The first-order valence-electron chi connectivity index (χ1n) is 11.3. The van der Waals surface area contributed by atoms with Crippen LogP contribution in [0.2, 0.25) is 0 Å². The number of ketones is 1. The van der Waals surface area contributed by atoms with Gasteiger partial charge in [-0.2, -0.15) is 0 Å². The molecule has 0 unspecified atom stereocenters. The molecule has 0 amide bonds. The number of hydrogen-bond acceptors (Lipinski definition) is 7. The summed E-state index contributed by atoms with van der Waals surface area (Å²) in [6.45, 7) is 6.70. The van der Waals surface area contributed by atoms with Gasteiger partial charge in [0, 0.05) is 18.2 Å². The Morgan fingerprint density at radius 2 is 1.75 bits per heavy atom. The summed E-state index contributed by atoms with van der Waals surface area (Å²) in [5.74, 6) is -0.747. The predicted molar refractivity (Wildman–Crippen MR) is 130 cm³/mol. The van der Waals surface area contributed by atoms with Gasteiger partial charge < -0.3 is 5.73 Å². The molecule has 194 valence electrons. The van der Waals surface area contributed by atoms with Crippen LogP contribution in [0.5, 0.6) is 0 Å². The Morgan fingerprint density at radius 1 is 1.11 bits per heavy atom. The normalized spacial score (nSPS) is 28.4. The number of carbonyl (C=O) groups is 2. The SMILES string of the molecule is Cc1cccnc1C(=O)Cc1ccc(F)c([C@@]2(C)N=C(N)[C@]3(C)CCC[C@@]2(C)S3(=O)=O)c1.O=C(F)F. The number of hydrogen-bond donors (Lipinski definition) is 1. The molecule has 1 aromatic heterocycles. The summed E-state index contributed by atoms with van der Waals surface area (Å²) in [5.41, 5.74) is 6.63. The third-order valence-electron chi connectivity index (χ3n) is 7.60. The first kappa shape index (κ1) is 27.5. The number of Topliss-reactive ketones (excluding diaryl/α,β-unsaturated/α-hetero) is 1. The monoisotopic (exact) mass is 523 g/mol. The van der Waals surface area contributed by atoms with E-state index >= 15 is 4.39 Å². The average molecular weight is 524 g/mol. The highest BCUT2D eigenvalue weighted by Crippen LogP contribution is 2.56. The minimum atomic E-state index is -3.77. The fraction of sp³-hybridized carbons (Fsp3) is 0.440. The zero-order valence-corrected chi connectivity index (χ0v) is 21.3. The van der Waals surface area contributed by atoms with Gasteiger partial charge in [-0.25, -0.2) is 17.6 Å². The largest absolute Gasteiger partial charge is 0.483 e. The number of sulfone groups is 1. The van der Waals surface area contributed by atoms with E-state index in [4.69, 9.17) is 10.5 Å². The van der Waals surface area contributed by atoms with E-state index in [0.717, 1.165) is 5.56 Å². The Balaban J connectivity index is 0.000000840. The maximum Gasteiger partial charge on any atom is 0.483 e. The lowest BCUT2D eigenvalue weighted by Gasteiger charge is -2.55. The Bertz CT molecular complexity index is 1360. The maximum atomic E-state index is 15.2. The van der Waals surface area contributed by atoms with Gasteiger partial charge in [0.25, 0.3) is 0 Å². The van der Waals surface area contributed by atoms with Crippen LogP contribution in [0.4, 0.5) is 18.0 Å². The van der Waals surface area contributed by atoms with Gasteiger partial charge in [-0.1, -0.05) is 12.1 Å². The average Bonchev–Trinajstić information content (AvgIpc) is 2.77. The van der Waals surface area contributed by atoms with E-state index in [2.05, 4.69) is 9.98 Å². The number of pyridine rings is 1. The van der Waals surface area contributed by atoms with Crippen molar-refractivity contribution in [1.29, 1.82) is 0 Å². The van der Waals surface area contributed by atoms with E-state index in [9.17, 15) is 22.0 Å². The van der Waals surface area contributed by atoms with E-state index in [-0.39, 0.29) is 23.6 Å². The molecule has 2 aliphatic rings. The van der Waals surface area contributed by atoms with Crippen LogP contribution in [0, 0.1) is 12.7 Å². The van der Waals surface area contributed by atoms with Crippen molar-refractivity contribution in [3.8, 4) is 0 Å². The minimum Gasteiger partial charge on any atom is -0.386 e. The second kappa shape index (κ2) is 9.42. The van der Waals surface area contributed by atoms with Gasteiger partial charge in [0.05, 0.1) is 4.75 Å². The number of aromatic nitrogens is 1. The third-order valence-corrected chi connectivity index (χ3v) is 11.0. The molecule has 3 heterocycles. The van der Waals surface area contributed by atoms with Crippen molar-refractivity contribution in [1.82, 2.24) is 4.98 Å². The molecular weight excluding hydrogens is 495 g/mol. The Labute approximate surface area is 207 Å². The molecule has 1 aromatic carbocycles. The molecule has 0 saturated carbocycles. The van der Waals surface area contributed by atoms with Gasteiger partial charge in [0.15, 0.2) is 15.6 Å². The maximum absolute atomic E-state index is 15.2. The molecule has 11 heteroatoms. The van der Waals surface area contributed by atoms with Crippen LogP contribution >= 0.6 is 0 Å². The molecule has 0 aliphatic carbocycles. The number of benzene rings is 1. The van der Waals surface area contributed by atoms with E-state index in [0.29, 0.717) is 30.5 Å². The first-order chi connectivity index (χ1) is 16.6. The fourth-order valence-electron chi connectivity index (χ4n) is 5.22. The van der Waals surface area contributed by atoms with Gasteiger partial charge in [-0.3, -0.25) is 14.8 Å². The molecule has 7 nitrogen and oxygen atoms in total. The number of halogens is 3. The lowest BCUT2D eigenvalue weighted by atomic mass is 9.74. The van der Waals surface area contributed by atoms with Crippen LogP contribution in [0.1, 0.15) is 67.2 Å². The molecule has 1 saturated heterocycles. The molecule has 2 bridgehead atoms. The third kappa shape index (κ3) is 4.23. The zero-order chi connectivity index (χ0) is 27.1. The molecule has 4 rings (SSSR count). The van der Waals surface area contributed by atoms with Crippen molar-refractivity contribution in [3.05, 3.63) is 64.7 Å². The van der Waals surface area contributed by atoms with Crippen molar-refractivity contribution in [3.63, 3.8) is 0 Å². The number of nitrogens with two attached hydrogens (primary N) is 1. The number of aryl methyl sites for hydroxylation is 1. The van der Waals surface area contributed by atoms with Crippen molar-refractivity contribution in [2.45, 2.75) is 68.4 Å². The molecule has 2 aliphatic heterocycles. The van der Waals surface area contributed by atoms with E-state index in [1.54, 1.807) is 39.1 Å². The van der Waals surface area contributed by atoms with Crippen LogP contribution < -0.4 is 5.73 Å². The molecule has 1 fully saturated rings. The van der Waals surface area contributed by atoms with Crippen molar-refractivity contribution in [2.75, 3.05) is 0 Å². The second-order valence-corrected chi connectivity index (χ2v) is 12.5. The van der Waals surface area contributed by atoms with Gasteiger partial charge in [-0.15, -0.1) is 8.78 Å². The number of fused-ring (bicyclic) bond motifs is 2. The number of carbonyl (C=O) groups excluding carboxylic acids is 2. The smallest absolute Gasteiger partial charge is 0.386 e. The number of amidine groups is 1. The van der Waals surface area contributed by atoms with Crippen LogP contribution in [-0.2, 0) is 21.8 Å². The lowest BCUT2D eigenvalue weighted by Crippen LogP contribution is -2.69. The van der Waals surface area contributed by atoms with Crippen LogP contribution in [-0.4, -0.2) is 40.8 Å². The summed E-state index contributed by atoms with van der Waals surface area (Å²) in [4.78, 5) is 29.7. The second-order valence-electron chi connectivity index (χ2n) is 9.70. The molecule has 3 atom stereocenters. The molecule has 36 heavy (non-hydrogen) atoms. The summed E-state index contributed by atoms with van der Waals surface area (Å²) in [6, 6.07) is 7.93. The molecule has 0 spiro atoms. The number of nitrogens with zero attached hydrogens (tertiary/aromatic N) is 2. The van der Waals surface area contributed by atoms with Crippen molar-refractivity contribution in [2.24, 2.45) is 10.7 Å². The molecule has 0 radical (unpaired) electrons. The van der Waals surface area contributed by atoms with Crippen LogP contribution in [0.3, 0.4) is 0 Å². The molecule has 2 aromatic rings. The standard InChI is InChI=1S/C24H28FN3O3S.CF2O/c1-15-7-5-12-27-20(15)19(29)14-16-8-9-18(25)17(13-16)24(4)23(3)11-6-10-22(2,21(26)28-24)32(23,30)31;2-1(3)4/h5,7-9,12-13H,6,10-11,14H2,1-4H3,(H2,26,28);/t22-,23+,24+;/m0./s1. The molecular formula is C25H28F3N3O4S. The summed E-state index contributed by atoms with van der Waals surface area (Å²) < 4.78 is 59.4.